The number of amidine groups is 1. The number of hydrogen-bond donors (Lipinski definition) is 2. The van der Waals surface area contributed by atoms with E-state index in [9.17, 15) is 4.79 Å². The minimum atomic E-state index is -0.419. The fraction of sp³-hybridized carbons (Fsp3) is 0.333. The van der Waals surface area contributed by atoms with Gasteiger partial charge >= 0.3 is 0 Å². The minimum Gasteiger partial charge on any atom is -0.487 e. The van der Waals surface area contributed by atoms with Crippen molar-refractivity contribution in [3.63, 3.8) is 0 Å². The Morgan fingerprint density at radius 1 is 1.31 bits per heavy atom. The lowest BCUT2D eigenvalue weighted by atomic mass is 10.1. The van der Waals surface area contributed by atoms with Gasteiger partial charge in [0.2, 0.25) is 6.29 Å². The predicted octanol–water partition coefficient (Wildman–Crippen LogP) is 2.57. The first kappa shape index (κ1) is 19.5. The normalized spacial score (nSPS) is 20.6. The number of benzene rings is 1. The number of carbonyl (C=O) groups is 1. The Labute approximate surface area is 175 Å². The lowest BCUT2D eigenvalue weighted by Gasteiger charge is -2.28. The highest BCUT2D eigenvalue weighted by atomic mass is 35.5. The smallest absolute Gasteiger partial charge is 0.272 e. The first-order valence-corrected chi connectivity index (χ1v) is 9.96. The Kier molecular flexibility index (Phi) is 5.60. The van der Waals surface area contributed by atoms with Crippen LogP contribution in [0.15, 0.2) is 58.9 Å². The molecule has 1 aromatic rings. The zero-order valence-corrected chi connectivity index (χ0v) is 17.2. The van der Waals surface area contributed by atoms with Crippen molar-refractivity contribution in [2.75, 3.05) is 20.7 Å². The summed E-state index contributed by atoms with van der Waals surface area (Å²) in [6.07, 6.45) is 9.37. The third-order valence-corrected chi connectivity index (χ3v) is 5.13. The van der Waals surface area contributed by atoms with Gasteiger partial charge in [0, 0.05) is 28.8 Å². The molecule has 8 heteroatoms. The lowest BCUT2D eigenvalue weighted by molar-refractivity contribution is -0.129. The van der Waals surface area contributed by atoms with E-state index in [0.717, 1.165) is 24.0 Å². The predicted molar refractivity (Wildman–Crippen MR) is 113 cm³/mol. The molecule has 1 aliphatic carbocycles. The molecule has 0 spiro atoms. The summed E-state index contributed by atoms with van der Waals surface area (Å²) in [4.78, 5) is 14.6. The molecule has 7 nitrogen and oxygen atoms in total. The third kappa shape index (κ3) is 4.31. The van der Waals surface area contributed by atoms with E-state index < -0.39 is 6.29 Å². The number of carbonyl (C=O) groups excluding carboxylic acids is 1. The SMILES string of the molecule is CN(C)Cc1c(Cl)cccc1OCC1=CC(=O)N2N=C(C3=CCCC=C3)NC2N1. The number of nitrogens with zero attached hydrogens (tertiary/aromatic N) is 3. The lowest BCUT2D eigenvalue weighted by Crippen LogP contribution is -2.54. The highest BCUT2D eigenvalue weighted by Crippen LogP contribution is 2.28. The standard InChI is InChI=1S/C21H24ClN5O2/c1-26(2)12-16-17(22)9-6-10-18(16)29-13-15-11-19(28)27-21(23-15)24-20(25-27)14-7-4-3-5-8-14/h4,6-11,21,23H,3,5,12-13H2,1-2H3,(H,24,25). The van der Waals surface area contributed by atoms with Crippen LogP contribution < -0.4 is 15.4 Å². The van der Waals surface area contributed by atoms with E-state index in [1.807, 2.05) is 43.3 Å². The van der Waals surface area contributed by atoms with Crippen LogP contribution in [-0.4, -0.2) is 48.6 Å². The van der Waals surface area contributed by atoms with Gasteiger partial charge in [-0.05, 0) is 39.1 Å². The quantitative estimate of drug-likeness (QED) is 0.750. The number of hydrazone groups is 1. The average molecular weight is 414 g/mol. The van der Waals surface area contributed by atoms with Crippen molar-refractivity contribution in [3.05, 3.63) is 64.4 Å². The summed E-state index contributed by atoms with van der Waals surface area (Å²) in [6.45, 7) is 0.897. The van der Waals surface area contributed by atoms with Crippen LogP contribution in [0.1, 0.15) is 18.4 Å². The first-order valence-electron chi connectivity index (χ1n) is 9.58. The Balaban J connectivity index is 1.43. The van der Waals surface area contributed by atoms with Crippen LogP contribution in [0.25, 0.3) is 0 Å². The first-order chi connectivity index (χ1) is 14.0. The van der Waals surface area contributed by atoms with Crippen LogP contribution >= 0.6 is 11.6 Å². The summed E-state index contributed by atoms with van der Waals surface area (Å²) in [6, 6.07) is 5.60. The molecule has 2 heterocycles. The van der Waals surface area contributed by atoms with E-state index in [4.69, 9.17) is 16.3 Å². The van der Waals surface area contributed by atoms with Crippen LogP contribution in [0.4, 0.5) is 0 Å². The topological polar surface area (TPSA) is 69.2 Å². The van der Waals surface area contributed by atoms with Gasteiger partial charge in [0.25, 0.3) is 5.91 Å². The Morgan fingerprint density at radius 3 is 2.93 bits per heavy atom. The molecule has 1 atom stereocenters. The van der Waals surface area contributed by atoms with E-state index in [0.29, 0.717) is 28.8 Å². The number of halogens is 1. The van der Waals surface area contributed by atoms with E-state index >= 15 is 0 Å². The van der Waals surface area contributed by atoms with Crippen LogP contribution in [0, 0.1) is 0 Å². The molecule has 0 radical (unpaired) electrons. The summed E-state index contributed by atoms with van der Waals surface area (Å²) < 4.78 is 6.00. The molecule has 4 rings (SSSR count). The van der Waals surface area contributed by atoms with Gasteiger partial charge in [-0.1, -0.05) is 35.9 Å². The number of allylic oxidation sites excluding steroid dienone is 2. The molecule has 1 amide bonds. The molecule has 29 heavy (non-hydrogen) atoms. The number of ether oxygens (including phenoxy) is 1. The number of fused-ring (bicyclic) bond motifs is 1. The maximum Gasteiger partial charge on any atom is 0.272 e. The second kappa shape index (κ2) is 8.31. The average Bonchev–Trinajstić information content (AvgIpc) is 3.14. The largest absolute Gasteiger partial charge is 0.487 e. The van der Waals surface area contributed by atoms with E-state index in [1.54, 1.807) is 0 Å². The maximum absolute atomic E-state index is 12.5. The monoisotopic (exact) mass is 413 g/mol. The number of amides is 1. The van der Waals surface area contributed by atoms with Crippen molar-refractivity contribution in [1.29, 1.82) is 0 Å². The Hall–Kier alpha value is -2.77. The van der Waals surface area contributed by atoms with E-state index in [-0.39, 0.29) is 12.5 Å². The van der Waals surface area contributed by atoms with Crippen molar-refractivity contribution in [2.24, 2.45) is 5.10 Å². The fourth-order valence-electron chi connectivity index (χ4n) is 3.40. The van der Waals surface area contributed by atoms with Gasteiger partial charge in [0.05, 0.1) is 5.70 Å². The van der Waals surface area contributed by atoms with Crippen molar-refractivity contribution >= 4 is 23.3 Å². The second-order valence-electron chi connectivity index (χ2n) is 7.37. The zero-order valence-electron chi connectivity index (χ0n) is 16.5. The molecule has 1 unspecified atom stereocenters. The van der Waals surface area contributed by atoms with Gasteiger partial charge < -0.3 is 20.3 Å². The van der Waals surface area contributed by atoms with Gasteiger partial charge in [0.15, 0.2) is 5.84 Å². The molecule has 1 aromatic carbocycles. The fourth-order valence-corrected chi connectivity index (χ4v) is 3.63. The van der Waals surface area contributed by atoms with Gasteiger partial charge in [-0.3, -0.25) is 4.79 Å². The van der Waals surface area contributed by atoms with E-state index in [1.165, 1.54) is 11.1 Å². The number of nitrogens with one attached hydrogen (secondary N) is 2. The number of rotatable bonds is 6. The molecule has 2 aliphatic heterocycles. The Morgan fingerprint density at radius 2 is 2.17 bits per heavy atom. The molecule has 0 saturated carbocycles. The van der Waals surface area contributed by atoms with Gasteiger partial charge in [-0.25, -0.2) is 0 Å². The maximum atomic E-state index is 12.5. The second-order valence-corrected chi connectivity index (χ2v) is 7.78. The van der Waals surface area contributed by atoms with Crippen LogP contribution in [0.3, 0.4) is 0 Å². The molecular formula is C21H24ClN5O2. The summed E-state index contributed by atoms with van der Waals surface area (Å²) in [5.74, 6) is 1.22. The summed E-state index contributed by atoms with van der Waals surface area (Å²) in [5, 5.41) is 13.0. The molecule has 0 bridgehead atoms. The van der Waals surface area contributed by atoms with Crippen LogP contribution in [0.5, 0.6) is 5.75 Å². The van der Waals surface area contributed by atoms with Gasteiger partial charge in [-0.15, -0.1) is 5.10 Å². The summed E-state index contributed by atoms with van der Waals surface area (Å²) in [5.41, 5.74) is 2.61. The Bertz CT molecular complexity index is 935. The zero-order chi connectivity index (χ0) is 20.4. The molecule has 2 N–H and O–H groups in total. The van der Waals surface area contributed by atoms with Crippen molar-refractivity contribution in [2.45, 2.75) is 25.7 Å². The number of hydrogen-bond acceptors (Lipinski definition) is 6. The molecular weight excluding hydrogens is 390 g/mol. The van der Waals surface area contributed by atoms with Gasteiger partial charge in [0.1, 0.15) is 12.4 Å². The van der Waals surface area contributed by atoms with E-state index in [2.05, 4.69) is 27.9 Å². The molecule has 0 aromatic heterocycles. The van der Waals surface area contributed by atoms with Gasteiger partial charge in [-0.2, -0.15) is 5.01 Å². The van der Waals surface area contributed by atoms with Crippen molar-refractivity contribution in [1.82, 2.24) is 20.5 Å². The highest BCUT2D eigenvalue weighted by Gasteiger charge is 2.34. The van der Waals surface area contributed by atoms with Crippen LogP contribution in [0.2, 0.25) is 5.02 Å². The van der Waals surface area contributed by atoms with Crippen LogP contribution in [-0.2, 0) is 11.3 Å². The molecule has 0 fully saturated rings. The highest BCUT2D eigenvalue weighted by molar-refractivity contribution is 6.31. The molecule has 3 aliphatic rings. The van der Waals surface area contributed by atoms with Crippen molar-refractivity contribution < 1.29 is 9.53 Å². The molecule has 0 saturated heterocycles. The minimum absolute atomic E-state index is 0.185. The van der Waals surface area contributed by atoms with Crippen molar-refractivity contribution in [3.8, 4) is 5.75 Å². The summed E-state index contributed by atoms with van der Waals surface area (Å²) >= 11 is 6.35. The summed E-state index contributed by atoms with van der Waals surface area (Å²) in [7, 11) is 3.96. The third-order valence-electron chi connectivity index (χ3n) is 4.77. The molecule has 152 valence electrons.